The van der Waals surface area contributed by atoms with Crippen molar-refractivity contribution in [2.24, 2.45) is 0 Å². The summed E-state index contributed by atoms with van der Waals surface area (Å²) in [6, 6.07) is 11.9. The highest BCUT2D eigenvalue weighted by atomic mass is 35.5. The van der Waals surface area contributed by atoms with Crippen LogP contribution in [-0.2, 0) is 9.53 Å². The standard InChI is InChI=1S/C29H31ClN4O4/c1-16-28(17(2)38-32-16)18-5-9-24-23(13-18)31-29(34(24)19-6-8-21(14-19)36-3)25-10-12-27(35)33(25)20-7-11-26(37-4)22(30)15-20/h5,7,9,11,13,15,19,21,25H,6,8,10,12,14H2,1-4H3/t19-,21-,25?/m1/s1. The van der Waals surface area contributed by atoms with Crippen LogP contribution in [0.3, 0.4) is 0 Å². The fourth-order valence-corrected chi connectivity index (χ4v) is 6.46. The monoisotopic (exact) mass is 534 g/mol. The number of halogens is 1. The number of nitrogens with zero attached hydrogens (tertiary/aromatic N) is 4. The van der Waals surface area contributed by atoms with Gasteiger partial charge in [-0.25, -0.2) is 4.98 Å². The number of ether oxygens (including phenoxy) is 2. The molecule has 4 aromatic rings. The molecule has 6 rings (SSSR count). The molecule has 1 saturated carbocycles. The van der Waals surface area contributed by atoms with Crippen LogP contribution >= 0.6 is 11.6 Å². The van der Waals surface area contributed by atoms with E-state index in [1.165, 1.54) is 0 Å². The van der Waals surface area contributed by atoms with Gasteiger partial charge in [-0.1, -0.05) is 22.8 Å². The minimum absolute atomic E-state index is 0.0624. The lowest BCUT2D eigenvalue weighted by Crippen LogP contribution is -2.29. The summed E-state index contributed by atoms with van der Waals surface area (Å²) in [5.41, 5.74) is 5.57. The van der Waals surface area contributed by atoms with Gasteiger partial charge in [0.25, 0.3) is 0 Å². The molecule has 2 aromatic carbocycles. The Hall–Kier alpha value is -3.36. The van der Waals surface area contributed by atoms with E-state index in [0.29, 0.717) is 23.6 Å². The van der Waals surface area contributed by atoms with E-state index in [2.05, 4.69) is 27.9 Å². The number of aromatic nitrogens is 3. The van der Waals surface area contributed by atoms with Crippen molar-refractivity contribution in [3.05, 3.63) is 58.7 Å². The van der Waals surface area contributed by atoms with Gasteiger partial charge in [-0.3, -0.25) is 4.79 Å². The summed E-state index contributed by atoms with van der Waals surface area (Å²) >= 11 is 6.46. The molecule has 0 radical (unpaired) electrons. The van der Waals surface area contributed by atoms with Crippen molar-refractivity contribution in [3.63, 3.8) is 0 Å². The number of hydrogen-bond donors (Lipinski definition) is 0. The van der Waals surface area contributed by atoms with Crippen LogP contribution in [0.2, 0.25) is 5.02 Å². The third-order valence-corrected chi connectivity index (χ3v) is 8.31. The zero-order valence-electron chi connectivity index (χ0n) is 22.0. The second-order valence-corrected chi connectivity index (χ2v) is 10.6. The predicted molar refractivity (Wildman–Crippen MR) is 146 cm³/mol. The van der Waals surface area contributed by atoms with Gasteiger partial charge in [0, 0.05) is 30.8 Å². The van der Waals surface area contributed by atoms with Crippen LogP contribution < -0.4 is 9.64 Å². The Morgan fingerprint density at radius 2 is 1.92 bits per heavy atom. The van der Waals surface area contributed by atoms with Crippen LogP contribution in [0.25, 0.3) is 22.2 Å². The highest BCUT2D eigenvalue weighted by molar-refractivity contribution is 6.32. The summed E-state index contributed by atoms with van der Waals surface area (Å²) in [4.78, 5) is 20.3. The zero-order valence-corrected chi connectivity index (χ0v) is 22.8. The molecule has 8 nitrogen and oxygen atoms in total. The van der Waals surface area contributed by atoms with E-state index < -0.39 is 0 Å². The molecule has 1 amide bonds. The van der Waals surface area contributed by atoms with Crippen molar-refractivity contribution >= 4 is 34.2 Å². The van der Waals surface area contributed by atoms with Crippen molar-refractivity contribution < 1.29 is 18.8 Å². The molecule has 1 aliphatic heterocycles. The Morgan fingerprint density at radius 1 is 1.08 bits per heavy atom. The molecule has 1 unspecified atom stereocenters. The topological polar surface area (TPSA) is 82.6 Å². The van der Waals surface area contributed by atoms with Gasteiger partial charge in [0.2, 0.25) is 5.91 Å². The lowest BCUT2D eigenvalue weighted by atomic mass is 10.0. The number of amides is 1. The number of aryl methyl sites for hydroxylation is 2. The highest BCUT2D eigenvalue weighted by Crippen LogP contribution is 2.44. The molecule has 3 heterocycles. The first-order valence-electron chi connectivity index (χ1n) is 13.0. The first-order chi connectivity index (χ1) is 18.4. The first-order valence-corrected chi connectivity index (χ1v) is 13.4. The summed E-state index contributed by atoms with van der Waals surface area (Å²) in [5, 5.41) is 4.60. The van der Waals surface area contributed by atoms with Crippen LogP contribution in [0, 0.1) is 13.8 Å². The smallest absolute Gasteiger partial charge is 0.227 e. The SMILES string of the molecule is COc1ccc(N2C(=O)CCC2c2nc3cc(-c4c(C)noc4C)ccc3n2[C@@H]2CC[C@@H](OC)C2)cc1Cl. The Morgan fingerprint density at radius 3 is 2.61 bits per heavy atom. The summed E-state index contributed by atoms with van der Waals surface area (Å²) < 4.78 is 18.8. The number of carbonyl (C=O) groups is 1. The van der Waals surface area contributed by atoms with E-state index >= 15 is 0 Å². The molecule has 2 aromatic heterocycles. The largest absolute Gasteiger partial charge is 0.495 e. The number of benzene rings is 2. The van der Waals surface area contributed by atoms with E-state index in [9.17, 15) is 4.79 Å². The second-order valence-electron chi connectivity index (χ2n) is 10.2. The Labute approximate surface area is 226 Å². The summed E-state index contributed by atoms with van der Waals surface area (Å²) in [7, 11) is 3.36. The second kappa shape index (κ2) is 9.75. The van der Waals surface area contributed by atoms with Gasteiger partial charge in [0.15, 0.2) is 0 Å². The third-order valence-electron chi connectivity index (χ3n) is 8.02. The van der Waals surface area contributed by atoms with Gasteiger partial charge < -0.3 is 23.5 Å². The molecule has 38 heavy (non-hydrogen) atoms. The number of imidazole rings is 1. The minimum atomic E-state index is -0.205. The molecule has 0 N–H and O–H groups in total. The van der Waals surface area contributed by atoms with Crippen molar-refractivity contribution in [1.82, 2.24) is 14.7 Å². The fourth-order valence-electron chi connectivity index (χ4n) is 6.21. The van der Waals surface area contributed by atoms with Crippen LogP contribution in [0.1, 0.15) is 61.5 Å². The summed E-state index contributed by atoms with van der Waals surface area (Å²) in [6.07, 6.45) is 4.26. The highest BCUT2D eigenvalue weighted by Gasteiger charge is 2.39. The maximum atomic E-state index is 13.2. The molecule has 0 spiro atoms. The third kappa shape index (κ3) is 4.07. The van der Waals surface area contributed by atoms with Gasteiger partial charge in [0.05, 0.1) is 41.0 Å². The van der Waals surface area contributed by atoms with Gasteiger partial charge in [-0.05, 0) is 75.4 Å². The average molecular weight is 535 g/mol. The lowest BCUT2D eigenvalue weighted by molar-refractivity contribution is -0.117. The van der Waals surface area contributed by atoms with Crippen LogP contribution in [0.5, 0.6) is 5.75 Å². The van der Waals surface area contributed by atoms with E-state index in [0.717, 1.165) is 64.4 Å². The number of carbonyl (C=O) groups excluding carboxylic acids is 1. The van der Waals surface area contributed by atoms with Crippen molar-refractivity contribution in [2.75, 3.05) is 19.1 Å². The zero-order chi connectivity index (χ0) is 26.6. The molecule has 3 atom stereocenters. The van der Waals surface area contributed by atoms with Gasteiger partial charge in [-0.15, -0.1) is 0 Å². The number of fused-ring (bicyclic) bond motifs is 1. The van der Waals surface area contributed by atoms with Crippen LogP contribution in [-0.4, -0.2) is 40.9 Å². The number of anilines is 1. The van der Waals surface area contributed by atoms with Crippen molar-refractivity contribution in [3.8, 4) is 16.9 Å². The molecule has 1 aliphatic carbocycles. The van der Waals surface area contributed by atoms with E-state index in [1.807, 2.05) is 24.8 Å². The Balaban J connectivity index is 1.49. The quantitative estimate of drug-likeness (QED) is 0.278. The van der Waals surface area contributed by atoms with Crippen molar-refractivity contribution in [1.29, 1.82) is 0 Å². The molecular formula is C29H31ClN4O4. The van der Waals surface area contributed by atoms with Crippen LogP contribution in [0.4, 0.5) is 5.69 Å². The van der Waals surface area contributed by atoms with Crippen molar-refractivity contribution in [2.45, 2.75) is 64.1 Å². The molecule has 2 aliphatic rings. The fraction of sp³-hybridized carbons (Fsp3) is 0.414. The van der Waals surface area contributed by atoms with Gasteiger partial charge >= 0.3 is 0 Å². The minimum Gasteiger partial charge on any atom is -0.495 e. The molecule has 0 bridgehead atoms. The van der Waals surface area contributed by atoms with E-state index in [-0.39, 0.29) is 24.1 Å². The summed E-state index contributed by atoms with van der Waals surface area (Å²) in [6.45, 7) is 3.88. The van der Waals surface area contributed by atoms with Gasteiger partial charge in [-0.2, -0.15) is 0 Å². The van der Waals surface area contributed by atoms with Crippen LogP contribution in [0.15, 0.2) is 40.9 Å². The Bertz CT molecular complexity index is 1510. The molecule has 2 fully saturated rings. The average Bonchev–Trinajstić information content (AvgIpc) is 3.68. The lowest BCUT2D eigenvalue weighted by Gasteiger charge is -2.27. The predicted octanol–water partition coefficient (Wildman–Crippen LogP) is 6.58. The van der Waals surface area contributed by atoms with Gasteiger partial charge in [0.1, 0.15) is 17.3 Å². The van der Waals surface area contributed by atoms with E-state index in [4.69, 9.17) is 30.6 Å². The maximum Gasteiger partial charge on any atom is 0.227 e. The normalized spacial score (nSPS) is 21.7. The van der Waals surface area contributed by atoms with E-state index in [1.54, 1.807) is 26.4 Å². The number of rotatable bonds is 6. The first kappa shape index (κ1) is 24.9. The Kier molecular flexibility index (Phi) is 6.40. The molecule has 1 saturated heterocycles. The molecular weight excluding hydrogens is 504 g/mol. The number of hydrogen-bond acceptors (Lipinski definition) is 6. The number of methoxy groups -OCH3 is 2. The maximum absolute atomic E-state index is 13.2. The molecule has 9 heteroatoms. The summed E-state index contributed by atoms with van der Waals surface area (Å²) in [5.74, 6) is 2.32. The molecule has 198 valence electrons.